The number of halogens is 1. The molecule has 0 bridgehead atoms. The van der Waals surface area contributed by atoms with E-state index in [0.717, 1.165) is 31.6 Å². The lowest BCUT2D eigenvalue weighted by molar-refractivity contribution is -0.129. The molecular formula is C15H18ClNO2. The van der Waals surface area contributed by atoms with Gasteiger partial charge in [-0.15, -0.1) is 0 Å². The van der Waals surface area contributed by atoms with Gasteiger partial charge >= 0.3 is 0 Å². The summed E-state index contributed by atoms with van der Waals surface area (Å²) < 4.78 is 5.20. The van der Waals surface area contributed by atoms with Crippen LogP contribution in [0.5, 0.6) is 0 Å². The molecule has 2 aliphatic rings. The highest BCUT2D eigenvalue weighted by Gasteiger charge is 2.51. The summed E-state index contributed by atoms with van der Waals surface area (Å²) in [5, 5.41) is 3.80. The Hall–Kier alpha value is -1.06. The molecule has 1 aromatic rings. The van der Waals surface area contributed by atoms with Crippen LogP contribution < -0.4 is 5.32 Å². The lowest BCUT2D eigenvalue weighted by atomic mass is 9.88. The number of nitrogens with one attached hydrogen (secondary N) is 1. The molecule has 1 aromatic carbocycles. The molecule has 1 N–H and O–H groups in total. The molecule has 1 amide bonds. The Morgan fingerprint density at radius 3 is 2.42 bits per heavy atom. The topological polar surface area (TPSA) is 38.3 Å². The second kappa shape index (κ2) is 4.50. The van der Waals surface area contributed by atoms with Crippen LogP contribution in [-0.2, 0) is 14.9 Å². The standard InChI is InChI=1S/C15H18ClNO2/c1-14(9-19-10-14)8-17-13(18)15(6-7-15)11-2-4-12(16)5-3-11/h2-5H,6-10H2,1H3,(H,17,18). The van der Waals surface area contributed by atoms with E-state index in [4.69, 9.17) is 16.3 Å². The van der Waals surface area contributed by atoms with E-state index in [9.17, 15) is 4.79 Å². The van der Waals surface area contributed by atoms with Crippen molar-refractivity contribution >= 4 is 17.5 Å². The molecule has 2 fully saturated rings. The number of benzene rings is 1. The van der Waals surface area contributed by atoms with E-state index in [1.54, 1.807) is 0 Å². The molecule has 0 atom stereocenters. The molecule has 4 heteroatoms. The van der Waals surface area contributed by atoms with Crippen LogP contribution in [-0.4, -0.2) is 25.7 Å². The number of rotatable bonds is 4. The van der Waals surface area contributed by atoms with Crippen molar-refractivity contribution < 1.29 is 9.53 Å². The highest BCUT2D eigenvalue weighted by molar-refractivity contribution is 6.30. The molecule has 19 heavy (non-hydrogen) atoms. The van der Waals surface area contributed by atoms with Crippen LogP contribution in [0.4, 0.5) is 0 Å². The normalized spacial score (nSPS) is 22.4. The molecule has 0 aromatic heterocycles. The van der Waals surface area contributed by atoms with Gasteiger partial charge in [-0.25, -0.2) is 0 Å². The van der Waals surface area contributed by atoms with Crippen molar-refractivity contribution in [3.05, 3.63) is 34.9 Å². The number of hydrogen-bond donors (Lipinski definition) is 1. The van der Waals surface area contributed by atoms with Crippen LogP contribution in [0.3, 0.4) is 0 Å². The summed E-state index contributed by atoms with van der Waals surface area (Å²) in [5.41, 5.74) is 0.876. The lowest BCUT2D eigenvalue weighted by Crippen LogP contribution is -2.50. The van der Waals surface area contributed by atoms with Crippen LogP contribution in [0.1, 0.15) is 25.3 Å². The highest BCUT2D eigenvalue weighted by atomic mass is 35.5. The summed E-state index contributed by atoms with van der Waals surface area (Å²) in [7, 11) is 0. The van der Waals surface area contributed by atoms with Crippen molar-refractivity contribution in [3.8, 4) is 0 Å². The quantitative estimate of drug-likeness (QED) is 0.920. The van der Waals surface area contributed by atoms with E-state index in [-0.39, 0.29) is 16.7 Å². The molecule has 1 aliphatic carbocycles. The molecule has 1 heterocycles. The van der Waals surface area contributed by atoms with Gasteiger partial charge in [0.15, 0.2) is 0 Å². The monoisotopic (exact) mass is 279 g/mol. The Bertz CT molecular complexity index is 489. The number of amides is 1. The third-order valence-corrected chi connectivity index (χ3v) is 4.41. The maximum absolute atomic E-state index is 12.4. The zero-order chi connectivity index (χ0) is 13.5. The van der Waals surface area contributed by atoms with Gasteiger partial charge in [0.2, 0.25) is 5.91 Å². The average molecular weight is 280 g/mol. The van der Waals surface area contributed by atoms with Crippen molar-refractivity contribution in [3.63, 3.8) is 0 Å². The Morgan fingerprint density at radius 2 is 1.95 bits per heavy atom. The van der Waals surface area contributed by atoms with Gasteiger partial charge in [-0.3, -0.25) is 4.79 Å². The number of carbonyl (C=O) groups is 1. The van der Waals surface area contributed by atoms with E-state index >= 15 is 0 Å². The maximum Gasteiger partial charge on any atom is 0.230 e. The van der Waals surface area contributed by atoms with Gasteiger partial charge in [0, 0.05) is 17.0 Å². The molecule has 1 saturated carbocycles. The molecule has 0 radical (unpaired) electrons. The minimum absolute atomic E-state index is 0.117. The Morgan fingerprint density at radius 1 is 1.32 bits per heavy atom. The van der Waals surface area contributed by atoms with Crippen molar-refractivity contribution in [1.82, 2.24) is 5.32 Å². The van der Waals surface area contributed by atoms with Gasteiger partial charge in [0.1, 0.15) is 0 Å². The molecule has 3 nitrogen and oxygen atoms in total. The second-order valence-corrected chi connectivity index (χ2v) is 6.51. The van der Waals surface area contributed by atoms with Crippen molar-refractivity contribution in [2.75, 3.05) is 19.8 Å². The molecule has 0 unspecified atom stereocenters. The summed E-state index contributed by atoms with van der Waals surface area (Å²) >= 11 is 5.89. The first-order valence-electron chi connectivity index (χ1n) is 6.66. The predicted molar refractivity (Wildman–Crippen MR) is 74.3 cm³/mol. The second-order valence-electron chi connectivity index (χ2n) is 6.08. The van der Waals surface area contributed by atoms with Gasteiger partial charge in [-0.2, -0.15) is 0 Å². The first kappa shape index (κ1) is 12.9. The average Bonchev–Trinajstić information content (AvgIpc) is 3.16. The predicted octanol–water partition coefficient (Wildman–Crippen LogP) is 2.52. The van der Waals surface area contributed by atoms with Crippen molar-refractivity contribution in [1.29, 1.82) is 0 Å². The first-order valence-corrected chi connectivity index (χ1v) is 7.04. The van der Waals surface area contributed by atoms with E-state index in [1.165, 1.54) is 0 Å². The Balaban J connectivity index is 1.67. The lowest BCUT2D eigenvalue weighted by Gasteiger charge is -2.38. The van der Waals surface area contributed by atoms with Crippen LogP contribution in [0.15, 0.2) is 24.3 Å². The van der Waals surface area contributed by atoms with Gasteiger partial charge < -0.3 is 10.1 Å². The smallest absolute Gasteiger partial charge is 0.230 e. The van der Waals surface area contributed by atoms with Crippen LogP contribution in [0, 0.1) is 5.41 Å². The first-order chi connectivity index (χ1) is 9.04. The van der Waals surface area contributed by atoms with E-state index in [0.29, 0.717) is 11.6 Å². The minimum Gasteiger partial charge on any atom is -0.380 e. The minimum atomic E-state index is -0.314. The molecule has 1 saturated heterocycles. The zero-order valence-corrected chi connectivity index (χ0v) is 11.8. The fraction of sp³-hybridized carbons (Fsp3) is 0.533. The van der Waals surface area contributed by atoms with Crippen molar-refractivity contribution in [2.45, 2.75) is 25.2 Å². The summed E-state index contributed by atoms with van der Waals surface area (Å²) in [5.74, 6) is 0.142. The van der Waals surface area contributed by atoms with E-state index in [1.807, 2.05) is 24.3 Å². The van der Waals surface area contributed by atoms with Gasteiger partial charge in [-0.1, -0.05) is 30.7 Å². The molecule has 102 valence electrons. The Kier molecular flexibility index (Phi) is 3.06. The molecule has 3 rings (SSSR count). The molecule has 0 spiro atoms. The highest BCUT2D eigenvalue weighted by Crippen LogP contribution is 2.48. The SMILES string of the molecule is CC1(CNC(=O)C2(c3ccc(Cl)cc3)CC2)COC1. The van der Waals surface area contributed by atoms with E-state index in [2.05, 4.69) is 12.2 Å². The van der Waals surface area contributed by atoms with Gasteiger partial charge in [0.25, 0.3) is 0 Å². The fourth-order valence-corrected chi connectivity index (χ4v) is 2.68. The summed E-state index contributed by atoms with van der Waals surface area (Å²) in [6.45, 7) is 4.31. The van der Waals surface area contributed by atoms with Gasteiger partial charge in [-0.05, 0) is 30.5 Å². The van der Waals surface area contributed by atoms with Crippen LogP contribution in [0.2, 0.25) is 5.02 Å². The molecular weight excluding hydrogens is 262 g/mol. The largest absolute Gasteiger partial charge is 0.380 e. The third-order valence-electron chi connectivity index (χ3n) is 4.16. The Labute approximate surface area is 118 Å². The zero-order valence-electron chi connectivity index (χ0n) is 11.0. The number of carbonyl (C=O) groups excluding carboxylic acids is 1. The van der Waals surface area contributed by atoms with Gasteiger partial charge in [0.05, 0.1) is 18.6 Å². The van der Waals surface area contributed by atoms with Crippen LogP contribution >= 0.6 is 11.6 Å². The summed E-state index contributed by atoms with van der Waals surface area (Å²) in [6.07, 6.45) is 1.85. The molecule has 1 aliphatic heterocycles. The fourth-order valence-electron chi connectivity index (χ4n) is 2.56. The van der Waals surface area contributed by atoms with Crippen LogP contribution in [0.25, 0.3) is 0 Å². The third kappa shape index (κ3) is 2.37. The van der Waals surface area contributed by atoms with Crippen molar-refractivity contribution in [2.24, 2.45) is 5.41 Å². The van der Waals surface area contributed by atoms with E-state index < -0.39 is 0 Å². The summed E-state index contributed by atoms with van der Waals surface area (Å²) in [6, 6.07) is 7.63. The summed E-state index contributed by atoms with van der Waals surface area (Å²) in [4.78, 5) is 12.4. The number of hydrogen-bond acceptors (Lipinski definition) is 2. The maximum atomic E-state index is 12.4. The number of ether oxygens (including phenoxy) is 1.